The van der Waals surface area contributed by atoms with Crippen LogP contribution in [0.3, 0.4) is 0 Å². The molecule has 0 bridgehead atoms. The fourth-order valence-corrected chi connectivity index (χ4v) is 3.41. The molecule has 2 atom stereocenters. The lowest BCUT2D eigenvalue weighted by molar-refractivity contribution is -0.147. The van der Waals surface area contributed by atoms with Crippen LogP contribution in [0.2, 0.25) is 0 Å². The summed E-state index contributed by atoms with van der Waals surface area (Å²) in [6.07, 6.45) is 4.38. The second-order valence-electron chi connectivity index (χ2n) is 6.39. The van der Waals surface area contributed by atoms with Crippen LogP contribution >= 0.6 is 0 Å². The summed E-state index contributed by atoms with van der Waals surface area (Å²) in [4.78, 5) is 39.3. The molecule has 0 spiro atoms. The van der Waals surface area contributed by atoms with Crippen LogP contribution in [-0.2, 0) is 14.4 Å². The molecule has 22 heavy (non-hydrogen) atoms. The number of carboxylic acid groups (broad SMARTS) is 1. The monoisotopic (exact) mass is 310 g/mol. The van der Waals surface area contributed by atoms with Crippen molar-refractivity contribution >= 4 is 17.8 Å². The molecule has 2 amide bonds. The van der Waals surface area contributed by atoms with Crippen molar-refractivity contribution in [2.24, 2.45) is 11.8 Å². The van der Waals surface area contributed by atoms with E-state index >= 15 is 0 Å². The average Bonchev–Trinajstić information content (AvgIpc) is 2.54. The molecule has 6 heteroatoms. The quantitative estimate of drug-likeness (QED) is 0.850. The van der Waals surface area contributed by atoms with Crippen molar-refractivity contribution < 1.29 is 19.5 Å². The zero-order valence-electron chi connectivity index (χ0n) is 13.3. The van der Waals surface area contributed by atoms with E-state index in [9.17, 15) is 14.4 Å². The van der Waals surface area contributed by atoms with Gasteiger partial charge in [0.1, 0.15) is 0 Å². The minimum atomic E-state index is -0.819. The number of hydrogen-bond donors (Lipinski definition) is 1. The summed E-state index contributed by atoms with van der Waals surface area (Å²) >= 11 is 0. The second kappa shape index (κ2) is 7.61. The van der Waals surface area contributed by atoms with Gasteiger partial charge in [0, 0.05) is 32.6 Å². The number of piperidine rings is 2. The Hall–Kier alpha value is -1.59. The third-order valence-corrected chi connectivity index (χ3v) is 4.67. The Balaban J connectivity index is 1.93. The van der Waals surface area contributed by atoms with Gasteiger partial charge in [-0.25, -0.2) is 0 Å². The minimum absolute atomic E-state index is 0.0277. The Morgan fingerprint density at radius 2 is 1.59 bits per heavy atom. The maximum absolute atomic E-state index is 12.6. The van der Waals surface area contributed by atoms with Crippen LogP contribution in [0.25, 0.3) is 0 Å². The molecule has 0 aliphatic carbocycles. The van der Waals surface area contributed by atoms with E-state index in [2.05, 4.69) is 0 Å². The van der Waals surface area contributed by atoms with Gasteiger partial charge in [0.2, 0.25) is 11.8 Å². The van der Waals surface area contributed by atoms with E-state index in [4.69, 9.17) is 5.11 Å². The highest BCUT2D eigenvalue weighted by molar-refractivity contribution is 5.82. The van der Waals surface area contributed by atoms with E-state index in [-0.39, 0.29) is 17.7 Å². The first-order valence-electron chi connectivity index (χ1n) is 8.32. The van der Waals surface area contributed by atoms with Crippen LogP contribution in [0, 0.1) is 11.8 Å². The van der Waals surface area contributed by atoms with E-state index in [0.29, 0.717) is 32.5 Å². The van der Waals surface area contributed by atoms with Gasteiger partial charge in [0.05, 0.1) is 11.8 Å². The Bertz CT molecular complexity index is 438. The molecule has 0 saturated carbocycles. The number of nitrogens with zero attached hydrogens (tertiary/aromatic N) is 2. The SMILES string of the molecule is CCCC(=O)N1CCCC(C(=O)N2CCCC(C(=O)O)C2)C1. The second-order valence-corrected chi connectivity index (χ2v) is 6.39. The minimum Gasteiger partial charge on any atom is -0.481 e. The Morgan fingerprint density at radius 3 is 2.23 bits per heavy atom. The Labute approximate surface area is 131 Å². The van der Waals surface area contributed by atoms with Crippen molar-refractivity contribution in [1.29, 1.82) is 0 Å². The van der Waals surface area contributed by atoms with Crippen molar-refractivity contribution in [2.75, 3.05) is 26.2 Å². The average molecular weight is 310 g/mol. The molecular weight excluding hydrogens is 284 g/mol. The maximum Gasteiger partial charge on any atom is 0.308 e. The van der Waals surface area contributed by atoms with Crippen molar-refractivity contribution in [3.05, 3.63) is 0 Å². The number of rotatable bonds is 4. The predicted octanol–water partition coefficient (Wildman–Crippen LogP) is 1.35. The van der Waals surface area contributed by atoms with E-state index in [1.807, 2.05) is 6.92 Å². The molecule has 2 rings (SSSR count). The number of carbonyl (C=O) groups excluding carboxylic acids is 2. The summed E-state index contributed by atoms with van der Waals surface area (Å²) in [5.41, 5.74) is 0. The van der Waals surface area contributed by atoms with Crippen LogP contribution < -0.4 is 0 Å². The van der Waals surface area contributed by atoms with Gasteiger partial charge in [0.25, 0.3) is 0 Å². The van der Waals surface area contributed by atoms with Gasteiger partial charge in [0.15, 0.2) is 0 Å². The molecule has 124 valence electrons. The van der Waals surface area contributed by atoms with Crippen LogP contribution in [0.5, 0.6) is 0 Å². The van der Waals surface area contributed by atoms with Gasteiger partial charge in [-0.3, -0.25) is 14.4 Å². The Morgan fingerprint density at radius 1 is 1.00 bits per heavy atom. The number of aliphatic carboxylic acids is 1. The lowest BCUT2D eigenvalue weighted by atomic mass is 9.93. The number of likely N-dealkylation sites (tertiary alicyclic amines) is 2. The van der Waals surface area contributed by atoms with Gasteiger partial charge < -0.3 is 14.9 Å². The topological polar surface area (TPSA) is 77.9 Å². The van der Waals surface area contributed by atoms with Crippen molar-refractivity contribution in [1.82, 2.24) is 9.80 Å². The highest BCUT2D eigenvalue weighted by Crippen LogP contribution is 2.23. The van der Waals surface area contributed by atoms with Crippen LogP contribution in [0.15, 0.2) is 0 Å². The lowest BCUT2D eigenvalue weighted by Gasteiger charge is -2.37. The highest BCUT2D eigenvalue weighted by Gasteiger charge is 2.34. The van der Waals surface area contributed by atoms with Crippen LogP contribution in [0.4, 0.5) is 0 Å². The van der Waals surface area contributed by atoms with E-state index in [0.717, 1.165) is 32.2 Å². The lowest BCUT2D eigenvalue weighted by Crippen LogP contribution is -2.49. The molecule has 2 aliphatic heterocycles. The first-order valence-corrected chi connectivity index (χ1v) is 8.32. The number of carboxylic acids is 1. The molecular formula is C16H26N2O4. The number of hydrogen-bond acceptors (Lipinski definition) is 3. The first-order chi connectivity index (χ1) is 10.5. The van der Waals surface area contributed by atoms with E-state index in [1.165, 1.54) is 0 Å². The van der Waals surface area contributed by atoms with Gasteiger partial charge >= 0.3 is 5.97 Å². The largest absolute Gasteiger partial charge is 0.481 e. The summed E-state index contributed by atoms with van der Waals surface area (Å²) in [5.74, 6) is -1.27. The third-order valence-electron chi connectivity index (χ3n) is 4.67. The van der Waals surface area contributed by atoms with E-state index in [1.54, 1.807) is 9.80 Å². The Kier molecular flexibility index (Phi) is 5.80. The molecule has 6 nitrogen and oxygen atoms in total. The molecule has 2 unspecified atom stereocenters. The number of amides is 2. The van der Waals surface area contributed by atoms with Gasteiger partial charge in [-0.2, -0.15) is 0 Å². The summed E-state index contributed by atoms with van der Waals surface area (Å²) in [7, 11) is 0. The zero-order valence-corrected chi connectivity index (χ0v) is 13.3. The smallest absolute Gasteiger partial charge is 0.308 e. The molecule has 0 radical (unpaired) electrons. The summed E-state index contributed by atoms with van der Waals surface area (Å²) in [5, 5.41) is 9.13. The zero-order chi connectivity index (χ0) is 16.1. The van der Waals surface area contributed by atoms with Crippen LogP contribution in [0.1, 0.15) is 45.4 Å². The third kappa shape index (κ3) is 3.99. The molecule has 2 fully saturated rings. The molecule has 0 aromatic heterocycles. The summed E-state index contributed by atoms with van der Waals surface area (Å²) in [6.45, 7) is 4.16. The fraction of sp³-hybridized carbons (Fsp3) is 0.812. The van der Waals surface area contributed by atoms with Crippen molar-refractivity contribution in [3.63, 3.8) is 0 Å². The maximum atomic E-state index is 12.6. The summed E-state index contributed by atoms with van der Waals surface area (Å²) < 4.78 is 0. The van der Waals surface area contributed by atoms with Crippen molar-refractivity contribution in [3.8, 4) is 0 Å². The van der Waals surface area contributed by atoms with Gasteiger partial charge in [-0.05, 0) is 32.1 Å². The molecule has 0 aromatic carbocycles. The molecule has 2 saturated heterocycles. The molecule has 2 heterocycles. The molecule has 2 aliphatic rings. The van der Waals surface area contributed by atoms with E-state index < -0.39 is 11.9 Å². The first kappa shape index (κ1) is 16.8. The summed E-state index contributed by atoms with van der Waals surface area (Å²) in [6, 6.07) is 0. The molecule has 1 N–H and O–H groups in total. The fourth-order valence-electron chi connectivity index (χ4n) is 3.41. The highest BCUT2D eigenvalue weighted by atomic mass is 16.4. The predicted molar refractivity (Wildman–Crippen MR) is 81.2 cm³/mol. The molecule has 0 aromatic rings. The van der Waals surface area contributed by atoms with Crippen molar-refractivity contribution in [2.45, 2.75) is 45.4 Å². The van der Waals surface area contributed by atoms with Gasteiger partial charge in [-0.15, -0.1) is 0 Å². The van der Waals surface area contributed by atoms with Gasteiger partial charge in [-0.1, -0.05) is 6.92 Å². The standard InChI is InChI=1S/C16H26N2O4/c1-2-5-14(19)17-8-3-6-12(10-17)15(20)18-9-4-7-13(11-18)16(21)22/h12-13H,2-11H2,1H3,(H,21,22). The normalized spacial score (nSPS) is 25.9. The van der Waals surface area contributed by atoms with Crippen LogP contribution in [-0.4, -0.2) is 58.9 Å². The number of carbonyl (C=O) groups is 3.